The second kappa shape index (κ2) is 13.1. The van der Waals surface area contributed by atoms with Crippen molar-refractivity contribution in [3.05, 3.63) is 94.5 Å². The van der Waals surface area contributed by atoms with E-state index in [1.807, 2.05) is 63.2 Å². The number of nitrogens with one attached hydrogen (secondary N) is 2. The van der Waals surface area contributed by atoms with Crippen LogP contribution in [0.15, 0.2) is 71.3 Å². The standard InChI is InChI=1S/C34H35ClFN3O5/c1-34(2,3)44-33(42)38-19-21-7-4-8-23(15-21)26-17-22(16-24-12-14-43-31(24)26)18-29(40)28-11-6-13-39(28)32(41)37-20-25-9-5-10-27(35)30(25)36/h4-5,7-10,12,14-17,28H,6,11,13,18-20H2,1-3H3,(H,37,41)(H,38,42)/t28-/m0/s1. The summed E-state index contributed by atoms with van der Waals surface area (Å²) in [5.41, 5.74) is 3.73. The second-order valence-corrected chi connectivity index (χ2v) is 12.3. The van der Waals surface area contributed by atoms with Gasteiger partial charge in [-0.2, -0.15) is 0 Å². The maximum absolute atomic E-state index is 14.3. The molecule has 230 valence electrons. The zero-order valence-electron chi connectivity index (χ0n) is 24.9. The molecule has 0 radical (unpaired) electrons. The molecular formula is C34H35ClFN3O5. The summed E-state index contributed by atoms with van der Waals surface area (Å²) in [7, 11) is 0. The molecule has 5 rings (SSSR count). The maximum atomic E-state index is 14.3. The van der Waals surface area contributed by atoms with Crippen molar-refractivity contribution in [2.45, 2.75) is 64.8 Å². The molecule has 3 aromatic carbocycles. The number of Topliss-reactive ketones (excluding diaryl/α,β-unsaturated/α-hetero) is 1. The maximum Gasteiger partial charge on any atom is 0.407 e. The van der Waals surface area contributed by atoms with Crippen LogP contribution < -0.4 is 10.6 Å². The summed E-state index contributed by atoms with van der Waals surface area (Å²) in [5, 5.41) is 6.36. The Balaban J connectivity index is 1.29. The largest absolute Gasteiger partial charge is 0.464 e. The Labute approximate surface area is 260 Å². The molecule has 1 aromatic heterocycles. The lowest BCUT2D eigenvalue weighted by molar-refractivity contribution is -0.121. The molecule has 0 bridgehead atoms. The number of benzene rings is 3. The van der Waals surface area contributed by atoms with Gasteiger partial charge in [0, 0.05) is 42.6 Å². The minimum absolute atomic E-state index is 0.0101. The molecule has 1 saturated heterocycles. The average molecular weight is 620 g/mol. The third-order valence-corrected chi connectivity index (χ3v) is 7.70. The Morgan fingerprint density at radius 2 is 1.82 bits per heavy atom. The van der Waals surface area contributed by atoms with Crippen LogP contribution in [0.25, 0.3) is 22.1 Å². The Hall–Kier alpha value is -4.37. The number of hydrogen-bond acceptors (Lipinski definition) is 5. The molecule has 0 aliphatic carbocycles. The first-order valence-corrected chi connectivity index (χ1v) is 14.9. The summed E-state index contributed by atoms with van der Waals surface area (Å²) in [5.74, 6) is -0.644. The van der Waals surface area contributed by atoms with E-state index >= 15 is 0 Å². The number of urea groups is 1. The normalized spacial score (nSPS) is 14.9. The molecule has 10 heteroatoms. The summed E-state index contributed by atoms with van der Waals surface area (Å²) in [6, 6.07) is 17.1. The lowest BCUT2D eigenvalue weighted by Gasteiger charge is -2.24. The molecule has 1 aliphatic heterocycles. The van der Waals surface area contributed by atoms with E-state index in [-0.39, 0.29) is 35.9 Å². The van der Waals surface area contributed by atoms with Gasteiger partial charge in [-0.15, -0.1) is 0 Å². The number of hydrogen-bond donors (Lipinski definition) is 2. The number of carbonyl (C=O) groups is 3. The second-order valence-electron chi connectivity index (χ2n) is 11.9. The number of furan rings is 1. The highest BCUT2D eigenvalue weighted by Gasteiger charge is 2.34. The highest BCUT2D eigenvalue weighted by molar-refractivity contribution is 6.30. The molecule has 1 aliphatic rings. The number of rotatable bonds is 8. The number of halogens is 2. The number of nitrogens with zero attached hydrogens (tertiary/aromatic N) is 1. The summed E-state index contributed by atoms with van der Waals surface area (Å²) in [6.45, 7) is 6.12. The number of likely N-dealkylation sites (tertiary alicyclic amines) is 1. The van der Waals surface area contributed by atoms with Gasteiger partial charge in [0.1, 0.15) is 17.0 Å². The minimum Gasteiger partial charge on any atom is -0.464 e. The third-order valence-electron chi connectivity index (χ3n) is 7.41. The third kappa shape index (κ3) is 7.39. The van der Waals surface area contributed by atoms with Crippen LogP contribution in [0.3, 0.4) is 0 Å². The predicted molar refractivity (Wildman–Crippen MR) is 167 cm³/mol. The molecule has 3 amide bonds. The van der Waals surface area contributed by atoms with Crippen molar-refractivity contribution < 1.29 is 27.9 Å². The van der Waals surface area contributed by atoms with E-state index in [9.17, 15) is 18.8 Å². The van der Waals surface area contributed by atoms with E-state index < -0.39 is 29.6 Å². The number of amides is 3. The fraction of sp³-hybridized carbons (Fsp3) is 0.324. The highest BCUT2D eigenvalue weighted by Crippen LogP contribution is 2.32. The first-order chi connectivity index (χ1) is 21.0. The van der Waals surface area contributed by atoms with E-state index in [1.54, 1.807) is 18.4 Å². The molecule has 0 spiro atoms. The van der Waals surface area contributed by atoms with E-state index in [2.05, 4.69) is 10.6 Å². The van der Waals surface area contributed by atoms with E-state index in [0.717, 1.165) is 27.6 Å². The van der Waals surface area contributed by atoms with Gasteiger partial charge >= 0.3 is 12.1 Å². The molecule has 0 unspecified atom stereocenters. The van der Waals surface area contributed by atoms with Gasteiger partial charge in [0.25, 0.3) is 0 Å². The van der Waals surface area contributed by atoms with Crippen LogP contribution in [0.1, 0.15) is 50.3 Å². The van der Waals surface area contributed by atoms with Gasteiger partial charge in [0.2, 0.25) is 0 Å². The molecule has 1 atom stereocenters. The molecule has 8 nitrogen and oxygen atoms in total. The number of carbonyl (C=O) groups excluding carboxylic acids is 3. The number of ketones is 1. The molecular weight excluding hydrogens is 585 g/mol. The molecule has 0 saturated carbocycles. The van der Waals surface area contributed by atoms with Crippen molar-refractivity contribution in [3.8, 4) is 11.1 Å². The minimum atomic E-state index is -0.593. The molecule has 4 aromatic rings. The lowest BCUT2D eigenvalue weighted by Crippen LogP contribution is -2.46. The number of fused-ring (bicyclic) bond motifs is 1. The summed E-state index contributed by atoms with van der Waals surface area (Å²) in [6.07, 6.45) is 2.50. The zero-order valence-corrected chi connectivity index (χ0v) is 25.7. The molecule has 44 heavy (non-hydrogen) atoms. The van der Waals surface area contributed by atoms with Crippen molar-refractivity contribution in [1.82, 2.24) is 15.5 Å². The Kier molecular flexibility index (Phi) is 9.25. The first-order valence-electron chi connectivity index (χ1n) is 14.5. The topological polar surface area (TPSA) is 101 Å². The predicted octanol–water partition coefficient (Wildman–Crippen LogP) is 7.40. The fourth-order valence-electron chi connectivity index (χ4n) is 5.42. The van der Waals surface area contributed by atoms with Crippen molar-refractivity contribution in [2.75, 3.05) is 6.54 Å². The van der Waals surface area contributed by atoms with Crippen LogP contribution in [0.4, 0.5) is 14.0 Å². The van der Waals surface area contributed by atoms with Gasteiger partial charge in [-0.3, -0.25) is 4.79 Å². The van der Waals surface area contributed by atoms with E-state index in [1.165, 1.54) is 11.0 Å². The van der Waals surface area contributed by atoms with Crippen molar-refractivity contribution in [3.63, 3.8) is 0 Å². The zero-order chi connectivity index (χ0) is 31.4. The van der Waals surface area contributed by atoms with Crippen LogP contribution in [-0.2, 0) is 29.0 Å². The van der Waals surface area contributed by atoms with Crippen molar-refractivity contribution in [1.29, 1.82) is 0 Å². The quantitative estimate of drug-likeness (QED) is 0.214. The van der Waals surface area contributed by atoms with Gasteiger partial charge < -0.3 is 24.7 Å². The van der Waals surface area contributed by atoms with Crippen LogP contribution in [-0.4, -0.2) is 41.0 Å². The number of alkyl carbamates (subject to hydrolysis) is 1. The average Bonchev–Trinajstić information content (AvgIpc) is 3.66. The Morgan fingerprint density at radius 3 is 2.61 bits per heavy atom. The number of ether oxygens (including phenoxy) is 1. The van der Waals surface area contributed by atoms with Gasteiger partial charge in [-0.05, 0) is 80.6 Å². The lowest BCUT2D eigenvalue weighted by atomic mass is 9.95. The van der Waals surface area contributed by atoms with Gasteiger partial charge in [0.05, 0.1) is 17.3 Å². The molecule has 1 fully saturated rings. The fourth-order valence-corrected chi connectivity index (χ4v) is 5.61. The SMILES string of the molecule is CC(C)(C)OC(=O)NCc1cccc(-c2cc(CC(=O)[C@@H]3CCCN3C(=O)NCc3cccc(Cl)c3F)cc3ccoc23)c1. The van der Waals surface area contributed by atoms with Gasteiger partial charge in [-0.25, -0.2) is 14.0 Å². The van der Waals surface area contributed by atoms with Gasteiger partial charge in [0.15, 0.2) is 5.78 Å². The van der Waals surface area contributed by atoms with Crippen LogP contribution >= 0.6 is 11.6 Å². The van der Waals surface area contributed by atoms with E-state index in [4.69, 9.17) is 20.8 Å². The molecule has 2 N–H and O–H groups in total. The van der Waals surface area contributed by atoms with Gasteiger partial charge in [-0.1, -0.05) is 41.9 Å². The van der Waals surface area contributed by atoms with Crippen LogP contribution in [0.2, 0.25) is 5.02 Å². The summed E-state index contributed by atoms with van der Waals surface area (Å²) in [4.78, 5) is 40.2. The first kappa shape index (κ1) is 31.1. The van der Waals surface area contributed by atoms with Crippen LogP contribution in [0, 0.1) is 5.82 Å². The van der Waals surface area contributed by atoms with Crippen LogP contribution in [0.5, 0.6) is 0 Å². The van der Waals surface area contributed by atoms with Crippen molar-refractivity contribution >= 4 is 40.5 Å². The summed E-state index contributed by atoms with van der Waals surface area (Å²) >= 11 is 5.86. The smallest absolute Gasteiger partial charge is 0.407 e. The van der Waals surface area contributed by atoms with Crippen molar-refractivity contribution in [2.24, 2.45) is 0 Å². The molecule has 2 heterocycles. The Bertz CT molecular complexity index is 1700. The Morgan fingerprint density at radius 1 is 1.02 bits per heavy atom. The summed E-state index contributed by atoms with van der Waals surface area (Å²) < 4.78 is 25.4. The van der Waals surface area contributed by atoms with E-state index in [0.29, 0.717) is 25.0 Å². The monoisotopic (exact) mass is 619 g/mol. The highest BCUT2D eigenvalue weighted by atomic mass is 35.5.